The van der Waals surface area contributed by atoms with E-state index in [1.165, 1.54) is 12.1 Å². The molecule has 0 N–H and O–H groups in total. The van der Waals surface area contributed by atoms with E-state index in [9.17, 15) is 0 Å². The maximum atomic E-state index is 4.69. The summed E-state index contributed by atoms with van der Waals surface area (Å²) in [5.41, 5.74) is 2.33. The maximum Gasteiger partial charge on any atom is 0.0624 e. The zero-order valence-electron chi connectivity index (χ0n) is 13.0. The van der Waals surface area contributed by atoms with Crippen molar-refractivity contribution in [3.8, 4) is 0 Å². The quantitative estimate of drug-likeness (QED) is 0.782. The summed E-state index contributed by atoms with van der Waals surface area (Å²) in [6, 6.07) is 2.17. The number of rotatable bonds is 3. The van der Waals surface area contributed by atoms with E-state index in [-0.39, 0.29) is 5.54 Å². The standard InChI is InChI=1S/C16H28N2/c1-14(2,3)18-11-10-12(17-18)8-9-13-15(4,5)16(13,6)7/h10-11,13H,8-9H2,1-7H3. The first kappa shape index (κ1) is 13.6. The molecule has 1 fully saturated rings. The van der Waals surface area contributed by atoms with Crippen LogP contribution in [0.25, 0.3) is 0 Å². The Balaban J connectivity index is 1.95. The van der Waals surface area contributed by atoms with Gasteiger partial charge in [-0.25, -0.2) is 0 Å². The summed E-state index contributed by atoms with van der Waals surface area (Å²) >= 11 is 0. The van der Waals surface area contributed by atoms with Gasteiger partial charge in [-0.05, 0) is 56.4 Å². The van der Waals surface area contributed by atoms with Gasteiger partial charge in [-0.15, -0.1) is 0 Å². The van der Waals surface area contributed by atoms with Crippen molar-refractivity contribution in [2.75, 3.05) is 0 Å². The Bertz CT molecular complexity index is 418. The summed E-state index contributed by atoms with van der Waals surface area (Å²) in [5, 5.41) is 4.69. The molecule has 18 heavy (non-hydrogen) atoms. The molecule has 0 bridgehead atoms. The monoisotopic (exact) mass is 248 g/mol. The molecule has 0 unspecified atom stereocenters. The zero-order valence-corrected chi connectivity index (χ0v) is 13.0. The lowest BCUT2D eigenvalue weighted by Gasteiger charge is -2.18. The summed E-state index contributed by atoms with van der Waals surface area (Å²) in [4.78, 5) is 0. The molecule has 1 saturated carbocycles. The lowest BCUT2D eigenvalue weighted by Crippen LogP contribution is -2.22. The van der Waals surface area contributed by atoms with E-state index in [2.05, 4.69) is 65.4 Å². The van der Waals surface area contributed by atoms with E-state index in [0.29, 0.717) is 10.8 Å². The minimum atomic E-state index is 0.0936. The Morgan fingerprint density at radius 2 is 1.72 bits per heavy atom. The highest BCUT2D eigenvalue weighted by Gasteiger charge is 2.63. The van der Waals surface area contributed by atoms with Crippen LogP contribution >= 0.6 is 0 Å². The largest absolute Gasteiger partial charge is 0.267 e. The van der Waals surface area contributed by atoms with Gasteiger partial charge in [0.05, 0.1) is 11.2 Å². The van der Waals surface area contributed by atoms with E-state index >= 15 is 0 Å². The molecule has 0 atom stereocenters. The number of hydrogen-bond acceptors (Lipinski definition) is 1. The van der Waals surface area contributed by atoms with E-state index < -0.39 is 0 Å². The second-order valence-corrected chi connectivity index (χ2v) is 7.96. The van der Waals surface area contributed by atoms with E-state index in [1.807, 2.05) is 0 Å². The molecule has 1 heterocycles. The Kier molecular flexibility index (Phi) is 2.92. The first-order valence-corrected chi connectivity index (χ1v) is 7.12. The molecule has 2 nitrogen and oxygen atoms in total. The van der Waals surface area contributed by atoms with E-state index in [4.69, 9.17) is 5.10 Å². The average Bonchev–Trinajstić information content (AvgIpc) is 2.58. The van der Waals surface area contributed by atoms with Gasteiger partial charge < -0.3 is 0 Å². The molecule has 1 aliphatic rings. The molecule has 1 aromatic rings. The first-order chi connectivity index (χ1) is 8.07. The number of nitrogens with zero attached hydrogens (tertiary/aromatic N) is 2. The van der Waals surface area contributed by atoms with Gasteiger partial charge in [0.1, 0.15) is 0 Å². The van der Waals surface area contributed by atoms with Gasteiger partial charge in [-0.2, -0.15) is 5.10 Å². The molecule has 0 spiro atoms. The van der Waals surface area contributed by atoms with Crippen molar-refractivity contribution in [1.82, 2.24) is 9.78 Å². The molecule has 2 heteroatoms. The van der Waals surface area contributed by atoms with Gasteiger partial charge in [-0.3, -0.25) is 4.68 Å². The van der Waals surface area contributed by atoms with Gasteiger partial charge in [0.25, 0.3) is 0 Å². The zero-order chi connectivity index (χ0) is 13.8. The fraction of sp³-hybridized carbons (Fsp3) is 0.812. The fourth-order valence-corrected chi connectivity index (χ4v) is 3.22. The Labute approximate surface area is 112 Å². The predicted octanol–water partition coefficient (Wildman–Crippen LogP) is 4.25. The Morgan fingerprint density at radius 3 is 2.11 bits per heavy atom. The van der Waals surface area contributed by atoms with Crippen LogP contribution in [0, 0.1) is 16.7 Å². The molecular formula is C16H28N2. The van der Waals surface area contributed by atoms with Crippen LogP contribution in [0.5, 0.6) is 0 Å². The minimum Gasteiger partial charge on any atom is -0.267 e. The van der Waals surface area contributed by atoms with Gasteiger partial charge in [0.15, 0.2) is 0 Å². The average molecular weight is 248 g/mol. The highest BCUT2D eigenvalue weighted by molar-refractivity contribution is 5.13. The molecule has 0 saturated heterocycles. The molecule has 0 amide bonds. The highest BCUT2D eigenvalue weighted by atomic mass is 15.3. The first-order valence-electron chi connectivity index (χ1n) is 7.12. The second kappa shape index (κ2) is 3.85. The third-order valence-electron chi connectivity index (χ3n) is 5.34. The third-order valence-corrected chi connectivity index (χ3v) is 5.34. The van der Waals surface area contributed by atoms with Crippen LogP contribution < -0.4 is 0 Å². The van der Waals surface area contributed by atoms with Crippen molar-refractivity contribution in [1.29, 1.82) is 0 Å². The normalized spacial score (nSPS) is 22.2. The van der Waals surface area contributed by atoms with Gasteiger partial charge >= 0.3 is 0 Å². The summed E-state index contributed by atoms with van der Waals surface area (Å²) < 4.78 is 2.07. The maximum absolute atomic E-state index is 4.69. The van der Waals surface area contributed by atoms with Gasteiger partial charge in [0.2, 0.25) is 0 Å². The van der Waals surface area contributed by atoms with Crippen molar-refractivity contribution in [3.63, 3.8) is 0 Å². The van der Waals surface area contributed by atoms with Crippen molar-refractivity contribution < 1.29 is 0 Å². The van der Waals surface area contributed by atoms with E-state index in [0.717, 1.165) is 12.3 Å². The summed E-state index contributed by atoms with van der Waals surface area (Å²) in [6.45, 7) is 16.2. The van der Waals surface area contributed by atoms with Crippen LogP contribution in [0.1, 0.15) is 60.6 Å². The third kappa shape index (κ3) is 2.10. The summed E-state index contributed by atoms with van der Waals surface area (Å²) in [5.74, 6) is 0.838. The molecule has 1 aliphatic carbocycles. The van der Waals surface area contributed by atoms with Crippen LogP contribution in [-0.4, -0.2) is 9.78 Å². The lowest BCUT2D eigenvalue weighted by molar-refractivity contribution is 0.352. The molecule has 2 rings (SSSR count). The molecule has 1 aromatic heterocycles. The molecule has 0 radical (unpaired) electrons. The lowest BCUT2D eigenvalue weighted by atomic mass is 10.0. The number of aryl methyl sites for hydroxylation is 1. The van der Waals surface area contributed by atoms with Crippen LogP contribution in [0.2, 0.25) is 0 Å². The van der Waals surface area contributed by atoms with Crippen molar-refractivity contribution in [2.24, 2.45) is 16.7 Å². The Morgan fingerprint density at radius 1 is 1.17 bits per heavy atom. The summed E-state index contributed by atoms with van der Waals surface area (Å²) in [6.07, 6.45) is 4.49. The SMILES string of the molecule is CC(C)(C)n1ccc(CCC2C(C)(C)C2(C)C)n1. The van der Waals surface area contributed by atoms with Gasteiger partial charge in [0, 0.05) is 6.20 Å². The molecular weight excluding hydrogens is 220 g/mol. The van der Waals surface area contributed by atoms with Crippen LogP contribution in [-0.2, 0) is 12.0 Å². The smallest absolute Gasteiger partial charge is 0.0624 e. The number of hydrogen-bond donors (Lipinski definition) is 0. The van der Waals surface area contributed by atoms with Crippen molar-refractivity contribution in [2.45, 2.75) is 66.8 Å². The van der Waals surface area contributed by atoms with Gasteiger partial charge in [-0.1, -0.05) is 27.7 Å². The highest BCUT2D eigenvalue weighted by Crippen LogP contribution is 2.69. The Hall–Kier alpha value is -0.790. The van der Waals surface area contributed by atoms with Crippen molar-refractivity contribution in [3.05, 3.63) is 18.0 Å². The molecule has 0 aromatic carbocycles. The van der Waals surface area contributed by atoms with Crippen molar-refractivity contribution >= 4 is 0 Å². The number of aromatic nitrogens is 2. The minimum absolute atomic E-state index is 0.0936. The molecule has 0 aliphatic heterocycles. The topological polar surface area (TPSA) is 17.8 Å². The van der Waals surface area contributed by atoms with Crippen LogP contribution in [0.3, 0.4) is 0 Å². The molecule has 102 valence electrons. The fourth-order valence-electron chi connectivity index (χ4n) is 3.22. The van der Waals surface area contributed by atoms with E-state index in [1.54, 1.807) is 0 Å². The predicted molar refractivity (Wildman–Crippen MR) is 76.6 cm³/mol. The van der Waals surface area contributed by atoms with Crippen LogP contribution in [0.15, 0.2) is 12.3 Å². The second-order valence-electron chi connectivity index (χ2n) is 7.96. The summed E-state index contributed by atoms with van der Waals surface area (Å²) in [7, 11) is 0. The van der Waals surface area contributed by atoms with Crippen LogP contribution in [0.4, 0.5) is 0 Å².